The van der Waals surface area contributed by atoms with Gasteiger partial charge in [0.1, 0.15) is 5.82 Å². The van der Waals surface area contributed by atoms with Gasteiger partial charge in [-0.3, -0.25) is 4.90 Å². The lowest BCUT2D eigenvalue weighted by atomic mass is 10.1. The molecular weight excluding hydrogens is 230 g/mol. The van der Waals surface area contributed by atoms with Crippen LogP contribution in [0.15, 0.2) is 18.3 Å². The number of hydrogen-bond donors (Lipinski definition) is 1. The minimum Gasteiger partial charge on any atom is -0.478 e. The molecule has 1 aromatic heterocycles. The van der Waals surface area contributed by atoms with Crippen LogP contribution >= 0.6 is 0 Å². The lowest BCUT2D eigenvalue weighted by molar-refractivity contribution is 0.0696. The topological polar surface area (TPSA) is 56.7 Å². The summed E-state index contributed by atoms with van der Waals surface area (Å²) in [6.07, 6.45) is 2.54. The van der Waals surface area contributed by atoms with Gasteiger partial charge in [0.05, 0.1) is 5.56 Å². The van der Waals surface area contributed by atoms with E-state index in [0.29, 0.717) is 6.04 Å². The van der Waals surface area contributed by atoms with E-state index in [4.69, 9.17) is 5.11 Å². The molecule has 2 rings (SSSR count). The van der Waals surface area contributed by atoms with Crippen molar-refractivity contribution in [3.8, 4) is 0 Å². The summed E-state index contributed by atoms with van der Waals surface area (Å²) in [5.74, 6) is -0.0644. The standard InChI is InChI=1S/C13H19N3O2/c1-3-11-9-16(7-6-15(11)2)12-5-4-10(8-14-12)13(17)18/h4-5,8,11H,3,6-7,9H2,1-2H3,(H,17,18). The van der Waals surface area contributed by atoms with Crippen LogP contribution in [0.3, 0.4) is 0 Å². The molecular formula is C13H19N3O2. The van der Waals surface area contributed by atoms with Gasteiger partial charge in [0.15, 0.2) is 0 Å². The highest BCUT2D eigenvalue weighted by molar-refractivity contribution is 5.87. The van der Waals surface area contributed by atoms with Gasteiger partial charge in [0, 0.05) is 31.9 Å². The second-order valence-corrected chi connectivity index (χ2v) is 4.70. The monoisotopic (exact) mass is 249 g/mol. The Morgan fingerprint density at radius 1 is 1.50 bits per heavy atom. The predicted octanol–water partition coefficient (Wildman–Crippen LogP) is 1.31. The molecule has 0 amide bonds. The first kappa shape index (κ1) is 12.8. The maximum Gasteiger partial charge on any atom is 0.337 e. The molecule has 1 saturated heterocycles. The van der Waals surface area contributed by atoms with Crippen LogP contribution in [0.2, 0.25) is 0 Å². The SMILES string of the molecule is CCC1CN(c2ccc(C(=O)O)cn2)CCN1C. The fraction of sp³-hybridized carbons (Fsp3) is 0.538. The summed E-state index contributed by atoms with van der Waals surface area (Å²) in [6, 6.07) is 3.95. The quantitative estimate of drug-likeness (QED) is 0.875. The molecule has 0 aliphatic carbocycles. The third-order valence-electron chi connectivity index (χ3n) is 3.57. The average Bonchev–Trinajstić information content (AvgIpc) is 2.39. The van der Waals surface area contributed by atoms with E-state index in [0.717, 1.165) is 31.9 Å². The van der Waals surface area contributed by atoms with Crippen molar-refractivity contribution in [2.45, 2.75) is 19.4 Å². The van der Waals surface area contributed by atoms with Gasteiger partial charge >= 0.3 is 5.97 Å². The van der Waals surface area contributed by atoms with Gasteiger partial charge in [0.2, 0.25) is 0 Å². The van der Waals surface area contributed by atoms with E-state index in [2.05, 4.69) is 28.8 Å². The van der Waals surface area contributed by atoms with E-state index in [1.807, 2.05) is 0 Å². The summed E-state index contributed by atoms with van der Waals surface area (Å²) >= 11 is 0. The van der Waals surface area contributed by atoms with Crippen LogP contribution in [0.5, 0.6) is 0 Å². The zero-order chi connectivity index (χ0) is 13.1. The number of aromatic nitrogens is 1. The number of nitrogens with zero attached hydrogens (tertiary/aromatic N) is 3. The van der Waals surface area contributed by atoms with Crippen molar-refractivity contribution in [1.82, 2.24) is 9.88 Å². The number of carbonyl (C=O) groups is 1. The van der Waals surface area contributed by atoms with E-state index in [9.17, 15) is 4.79 Å². The lowest BCUT2D eigenvalue weighted by Crippen LogP contribution is -2.51. The molecule has 18 heavy (non-hydrogen) atoms. The molecule has 2 heterocycles. The number of hydrogen-bond acceptors (Lipinski definition) is 4. The van der Waals surface area contributed by atoms with Crippen molar-refractivity contribution in [3.63, 3.8) is 0 Å². The molecule has 5 heteroatoms. The van der Waals surface area contributed by atoms with Crippen molar-refractivity contribution in [3.05, 3.63) is 23.9 Å². The Morgan fingerprint density at radius 2 is 2.28 bits per heavy atom. The number of anilines is 1. The Morgan fingerprint density at radius 3 is 2.83 bits per heavy atom. The number of rotatable bonds is 3. The van der Waals surface area contributed by atoms with Crippen molar-refractivity contribution >= 4 is 11.8 Å². The van der Waals surface area contributed by atoms with E-state index >= 15 is 0 Å². The summed E-state index contributed by atoms with van der Waals surface area (Å²) in [4.78, 5) is 19.6. The molecule has 1 N–H and O–H groups in total. The summed E-state index contributed by atoms with van der Waals surface area (Å²) in [5, 5.41) is 8.84. The fourth-order valence-corrected chi connectivity index (χ4v) is 2.29. The molecule has 1 atom stereocenters. The summed E-state index contributed by atoms with van der Waals surface area (Å²) < 4.78 is 0. The summed E-state index contributed by atoms with van der Waals surface area (Å²) in [7, 11) is 2.15. The summed E-state index contributed by atoms with van der Waals surface area (Å²) in [6.45, 7) is 5.09. The number of pyridine rings is 1. The van der Waals surface area contributed by atoms with Crippen LogP contribution in [-0.4, -0.2) is 53.7 Å². The number of aromatic carboxylic acids is 1. The number of carboxylic acid groups (broad SMARTS) is 1. The van der Waals surface area contributed by atoms with Crippen LogP contribution in [0.4, 0.5) is 5.82 Å². The van der Waals surface area contributed by atoms with Gasteiger partial charge < -0.3 is 10.0 Å². The first-order valence-corrected chi connectivity index (χ1v) is 6.26. The third-order valence-corrected chi connectivity index (χ3v) is 3.57. The van der Waals surface area contributed by atoms with Gasteiger partial charge in [0.25, 0.3) is 0 Å². The molecule has 1 fully saturated rings. The van der Waals surface area contributed by atoms with E-state index in [1.54, 1.807) is 12.1 Å². The average molecular weight is 249 g/mol. The maximum absolute atomic E-state index is 10.8. The van der Waals surface area contributed by atoms with Gasteiger partial charge in [-0.05, 0) is 25.6 Å². The third kappa shape index (κ3) is 2.61. The first-order chi connectivity index (χ1) is 8.61. The van der Waals surface area contributed by atoms with E-state index < -0.39 is 5.97 Å². The normalized spacial score (nSPS) is 21.0. The highest BCUT2D eigenvalue weighted by Crippen LogP contribution is 2.17. The first-order valence-electron chi connectivity index (χ1n) is 6.26. The predicted molar refractivity (Wildman–Crippen MR) is 70.1 cm³/mol. The molecule has 5 nitrogen and oxygen atoms in total. The second kappa shape index (κ2) is 5.35. The minimum absolute atomic E-state index is 0.236. The van der Waals surface area contributed by atoms with Crippen LogP contribution in [-0.2, 0) is 0 Å². The maximum atomic E-state index is 10.8. The molecule has 1 aliphatic rings. The van der Waals surface area contributed by atoms with Gasteiger partial charge in [-0.15, -0.1) is 0 Å². The van der Waals surface area contributed by atoms with Gasteiger partial charge in [-0.2, -0.15) is 0 Å². The Labute approximate surface area is 107 Å². The van der Waals surface area contributed by atoms with Crippen LogP contribution in [0, 0.1) is 0 Å². The Hall–Kier alpha value is -1.62. The Kier molecular flexibility index (Phi) is 3.81. The van der Waals surface area contributed by atoms with Crippen molar-refractivity contribution in [1.29, 1.82) is 0 Å². The van der Waals surface area contributed by atoms with Crippen LogP contribution in [0.1, 0.15) is 23.7 Å². The number of likely N-dealkylation sites (N-methyl/N-ethyl adjacent to an activating group) is 1. The summed E-state index contributed by atoms with van der Waals surface area (Å²) in [5.41, 5.74) is 0.236. The van der Waals surface area contributed by atoms with E-state index in [-0.39, 0.29) is 5.56 Å². The molecule has 0 spiro atoms. The smallest absolute Gasteiger partial charge is 0.337 e. The molecule has 0 radical (unpaired) electrons. The lowest BCUT2D eigenvalue weighted by Gasteiger charge is -2.39. The number of piperazine rings is 1. The number of carboxylic acids is 1. The van der Waals surface area contributed by atoms with Gasteiger partial charge in [-0.25, -0.2) is 9.78 Å². The molecule has 1 aliphatic heterocycles. The molecule has 0 bridgehead atoms. The minimum atomic E-state index is -0.932. The van der Waals surface area contributed by atoms with E-state index in [1.165, 1.54) is 6.20 Å². The second-order valence-electron chi connectivity index (χ2n) is 4.70. The molecule has 0 saturated carbocycles. The molecule has 1 aromatic rings. The van der Waals surface area contributed by atoms with Crippen LogP contribution in [0.25, 0.3) is 0 Å². The Bertz CT molecular complexity index is 419. The van der Waals surface area contributed by atoms with Crippen molar-refractivity contribution in [2.24, 2.45) is 0 Å². The molecule has 1 unspecified atom stereocenters. The Balaban J connectivity index is 2.09. The molecule has 98 valence electrons. The van der Waals surface area contributed by atoms with Crippen LogP contribution < -0.4 is 4.90 Å². The van der Waals surface area contributed by atoms with Crippen molar-refractivity contribution in [2.75, 3.05) is 31.6 Å². The zero-order valence-electron chi connectivity index (χ0n) is 10.8. The zero-order valence-corrected chi connectivity index (χ0v) is 10.8. The largest absolute Gasteiger partial charge is 0.478 e. The van der Waals surface area contributed by atoms with Crippen molar-refractivity contribution < 1.29 is 9.90 Å². The highest BCUT2D eigenvalue weighted by atomic mass is 16.4. The fourth-order valence-electron chi connectivity index (χ4n) is 2.29. The molecule has 0 aromatic carbocycles. The highest BCUT2D eigenvalue weighted by Gasteiger charge is 2.23. The van der Waals surface area contributed by atoms with Gasteiger partial charge in [-0.1, -0.05) is 6.92 Å².